The zero-order chi connectivity index (χ0) is 15.5. The fraction of sp³-hybridized carbons (Fsp3) is 0.812. The predicted molar refractivity (Wildman–Crippen MR) is 77.5 cm³/mol. The Hall–Kier alpha value is -1.39. The number of rotatable bonds is 5. The van der Waals surface area contributed by atoms with Gasteiger partial charge in [0.25, 0.3) is 0 Å². The van der Waals surface area contributed by atoms with Crippen molar-refractivity contribution in [1.82, 2.24) is 4.90 Å². The van der Waals surface area contributed by atoms with Crippen LogP contribution >= 0.6 is 0 Å². The molecule has 1 N–H and O–H groups in total. The number of nitrogens with zero attached hydrogens (tertiary/aromatic N) is 1. The molecule has 1 aliphatic heterocycles. The van der Waals surface area contributed by atoms with Crippen LogP contribution < -0.4 is 0 Å². The molecule has 1 atom stereocenters. The third-order valence-corrected chi connectivity index (χ3v) is 4.96. The largest absolute Gasteiger partial charge is 0.481 e. The molecule has 0 aromatic rings. The van der Waals surface area contributed by atoms with E-state index in [1.54, 1.807) is 0 Å². The minimum atomic E-state index is -0.921. The van der Waals surface area contributed by atoms with Gasteiger partial charge in [-0.15, -0.1) is 0 Å². The highest BCUT2D eigenvalue weighted by atomic mass is 16.4. The van der Waals surface area contributed by atoms with E-state index in [-0.39, 0.29) is 23.8 Å². The lowest BCUT2D eigenvalue weighted by atomic mass is 9.67. The molecule has 1 spiro atoms. The Morgan fingerprint density at radius 3 is 2.24 bits per heavy atom. The van der Waals surface area contributed by atoms with Crippen LogP contribution in [0.3, 0.4) is 0 Å². The summed E-state index contributed by atoms with van der Waals surface area (Å²) in [6, 6.07) is 0. The summed E-state index contributed by atoms with van der Waals surface area (Å²) < 4.78 is 0. The fourth-order valence-electron chi connectivity index (χ4n) is 3.75. The number of aliphatic carboxylic acids is 1. The second-order valence-corrected chi connectivity index (χ2v) is 6.64. The van der Waals surface area contributed by atoms with Crippen LogP contribution in [0, 0.1) is 11.3 Å². The smallest absolute Gasteiger partial charge is 0.308 e. The number of carbonyl (C=O) groups excluding carboxylic acids is 2. The first kappa shape index (κ1) is 16.0. The summed E-state index contributed by atoms with van der Waals surface area (Å²) in [7, 11) is 0. The number of hydrogen-bond donors (Lipinski definition) is 1. The first-order chi connectivity index (χ1) is 9.97. The van der Waals surface area contributed by atoms with Gasteiger partial charge in [-0.3, -0.25) is 19.3 Å². The molecule has 1 aliphatic carbocycles. The molecule has 5 nitrogen and oxygen atoms in total. The topological polar surface area (TPSA) is 74.7 Å². The van der Waals surface area contributed by atoms with Gasteiger partial charge in [0.1, 0.15) is 0 Å². The van der Waals surface area contributed by atoms with Crippen molar-refractivity contribution in [3.63, 3.8) is 0 Å². The summed E-state index contributed by atoms with van der Waals surface area (Å²) in [6.07, 6.45) is 7.34. The summed E-state index contributed by atoms with van der Waals surface area (Å²) in [5.41, 5.74) is -0.133. The molecule has 21 heavy (non-hydrogen) atoms. The minimum absolute atomic E-state index is 0.0386. The molecule has 0 aromatic heterocycles. The first-order valence-electron chi connectivity index (χ1n) is 8.03. The van der Waals surface area contributed by atoms with Gasteiger partial charge in [0.05, 0.1) is 5.92 Å². The third kappa shape index (κ3) is 3.63. The number of likely N-dealkylation sites (tertiary alicyclic amines) is 1. The van der Waals surface area contributed by atoms with Gasteiger partial charge in [-0.2, -0.15) is 0 Å². The first-order valence-corrected chi connectivity index (χ1v) is 8.03. The molecule has 2 fully saturated rings. The molecule has 1 saturated carbocycles. The molecule has 0 radical (unpaired) electrons. The van der Waals surface area contributed by atoms with Gasteiger partial charge in [0.2, 0.25) is 11.8 Å². The molecule has 1 unspecified atom stereocenters. The van der Waals surface area contributed by atoms with E-state index in [4.69, 9.17) is 0 Å². The number of carboxylic acids is 1. The van der Waals surface area contributed by atoms with Gasteiger partial charge in [-0.25, -0.2) is 0 Å². The van der Waals surface area contributed by atoms with Gasteiger partial charge < -0.3 is 5.11 Å². The maximum atomic E-state index is 12.4. The van der Waals surface area contributed by atoms with Gasteiger partial charge in [-0.1, -0.05) is 32.6 Å². The van der Waals surface area contributed by atoms with Crippen molar-refractivity contribution in [3.05, 3.63) is 0 Å². The summed E-state index contributed by atoms with van der Waals surface area (Å²) in [5.74, 6) is -1.90. The maximum absolute atomic E-state index is 12.4. The molecule has 0 aromatic carbocycles. The average molecular weight is 295 g/mol. The van der Waals surface area contributed by atoms with Crippen molar-refractivity contribution in [3.8, 4) is 0 Å². The van der Waals surface area contributed by atoms with Crippen LogP contribution in [0.25, 0.3) is 0 Å². The lowest BCUT2D eigenvalue weighted by molar-refractivity contribution is -0.157. The van der Waals surface area contributed by atoms with E-state index in [1.807, 2.05) is 6.92 Å². The Morgan fingerprint density at radius 2 is 1.76 bits per heavy atom. The maximum Gasteiger partial charge on any atom is 0.308 e. The second-order valence-electron chi connectivity index (χ2n) is 6.64. The Labute approximate surface area is 125 Å². The number of imide groups is 1. The second kappa shape index (κ2) is 6.58. The zero-order valence-corrected chi connectivity index (χ0v) is 12.8. The van der Waals surface area contributed by atoms with Gasteiger partial charge in [0.15, 0.2) is 0 Å². The Balaban J connectivity index is 2.04. The normalized spacial score (nSPS) is 23.4. The van der Waals surface area contributed by atoms with Crippen molar-refractivity contribution in [2.75, 3.05) is 6.54 Å². The minimum Gasteiger partial charge on any atom is -0.481 e. The summed E-state index contributed by atoms with van der Waals surface area (Å²) >= 11 is 0. The van der Waals surface area contributed by atoms with Gasteiger partial charge in [-0.05, 0) is 24.7 Å². The number of carboxylic acid groups (broad SMARTS) is 1. The lowest BCUT2D eigenvalue weighted by Crippen LogP contribution is -2.50. The van der Waals surface area contributed by atoms with E-state index in [2.05, 4.69) is 0 Å². The predicted octanol–water partition coefficient (Wildman–Crippen LogP) is 2.59. The van der Waals surface area contributed by atoms with Crippen molar-refractivity contribution in [1.29, 1.82) is 0 Å². The van der Waals surface area contributed by atoms with Crippen LogP contribution in [-0.2, 0) is 14.4 Å². The average Bonchev–Trinajstić information content (AvgIpc) is 2.42. The van der Waals surface area contributed by atoms with Crippen LogP contribution in [0.4, 0.5) is 0 Å². The Morgan fingerprint density at radius 1 is 1.19 bits per heavy atom. The molecule has 1 heterocycles. The van der Waals surface area contributed by atoms with Crippen LogP contribution in [0.5, 0.6) is 0 Å². The highest BCUT2D eigenvalue weighted by Gasteiger charge is 2.44. The van der Waals surface area contributed by atoms with Crippen LogP contribution in [0.1, 0.15) is 64.7 Å². The summed E-state index contributed by atoms with van der Waals surface area (Å²) in [5, 5.41) is 9.20. The van der Waals surface area contributed by atoms with E-state index in [1.165, 1.54) is 11.3 Å². The molecular weight excluding hydrogens is 270 g/mol. The monoisotopic (exact) mass is 295 g/mol. The number of hydrogen-bond acceptors (Lipinski definition) is 3. The molecule has 118 valence electrons. The molecular formula is C16H25NO4. The van der Waals surface area contributed by atoms with Gasteiger partial charge >= 0.3 is 5.97 Å². The summed E-state index contributed by atoms with van der Waals surface area (Å²) in [4.78, 5) is 37.1. The zero-order valence-electron chi connectivity index (χ0n) is 12.8. The number of amides is 2. The van der Waals surface area contributed by atoms with E-state index >= 15 is 0 Å². The summed E-state index contributed by atoms with van der Waals surface area (Å²) in [6.45, 7) is 1.95. The number of piperidine rings is 1. The fourth-order valence-corrected chi connectivity index (χ4v) is 3.75. The standard InChI is InChI=1S/C16H25NO4/c1-2-6-12(15(20)21)11-17-13(18)9-16(10-14(17)19)7-4-3-5-8-16/h12H,2-11H2,1H3,(H,20,21). The third-order valence-electron chi connectivity index (χ3n) is 4.96. The van der Waals surface area contributed by atoms with Gasteiger partial charge in [0, 0.05) is 19.4 Å². The van der Waals surface area contributed by atoms with E-state index in [0.29, 0.717) is 19.3 Å². The SMILES string of the molecule is CCCC(CN1C(=O)CC2(CCCCC2)CC1=O)C(=O)O. The lowest BCUT2D eigenvalue weighted by Gasteiger charge is -2.42. The highest BCUT2D eigenvalue weighted by Crippen LogP contribution is 2.45. The number of carbonyl (C=O) groups is 3. The molecule has 2 rings (SSSR count). The quantitative estimate of drug-likeness (QED) is 0.791. The van der Waals surface area contributed by atoms with Crippen molar-refractivity contribution in [2.45, 2.75) is 64.7 Å². The molecule has 0 bridgehead atoms. The van der Waals surface area contributed by atoms with Crippen molar-refractivity contribution >= 4 is 17.8 Å². The van der Waals surface area contributed by atoms with Crippen LogP contribution in [0.2, 0.25) is 0 Å². The van der Waals surface area contributed by atoms with Crippen LogP contribution in [-0.4, -0.2) is 34.3 Å². The Kier molecular flexibility index (Phi) is 5.01. The molecule has 5 heteroatoms. The van der Waals surface area contributed by atoms with E-state index in [0.717, 1.165) is 32.1 Å². The molecule has 2 amide bonds. The van der Waals surface area contributed by atoms with Crippen molar-refractivity contribution < 1.29 is 19.5 Å². The molecule has 1 saturated heterocycles. The van der Waals surface area contributed by atoms with E-state index < -0.39 is 11.9 Å². The Bertz CT molecular complexity index is 406. The van der Waals surface area contributed by atoms with Crippen LogP contribution in [0.15, 0.2) is 0 Å². The van der Waals surface area contributed by atoms with E-state index in [9.17, 15) is 19.5 Å². The van der Waals surface area contributed by atoms with Crippen molar-refractivity contribution in [2.24, 2.45) is 11.3 Å². The molecule has 2 aliphatic rings. The highest BCUT2D eigenvalue weighted by molar-refractivity contribution is 5.98.